The van der Waals surface area contributed by atoms with Crippen LogP contribution in [0.5, 0.6) is 0 Å². The average molecular weight is 408 g/mol. The van der Waals surface area contributed by atoms with E-state index in [4.69, 9.17) is 11.6 Å². The van der Waals surface area contributed by atoms with Crippen LogP contribution in [0.2, 0.25) is 5.02 Å². The van der Waals surface area contributed by atoms with Crippen LogP contribution < -0.4 is 10.6 Å². The van der Waals surface area contributed by atoms with Gasteiger partial charge in [-0.05, 0) is 23.3 Å². The van der Waals surface area contributed by atoms with E-state index >= 15 is 0 Å². The number of halogens is 2. The first-order chi connectivity index (χ1) is 12.6. The van der Waals surface area contributed by atoms with Gasteiger partial charge >= 0.3 is 0 Å². The average Bonchev–Trinajstić information content (AvgIpc) is 2.67. The maximum atomic E-state index is 12.7. The number of nitrogens with one attached hydrogen (secondary N) is 2. The Morgan fingerprint density at radius 2 is 1.93 bits per heavy atom. The molecule has 2 amide bonds. The lowest BCUT2D eigenvalue weighted by Gasteiger charge is -2.36. The van der Waals surface area contributed by atoms with E-state index in [2.05, 4.69) is 10.6 Å². The molecule has 27 heavy (non-hydrogen) atoms. The Morgan fingerprint density at radius 3 is 2.67 bits per heavy atom. The van der Waals surface area contributed by atoms with E-state index in [9.17, 15) is 9.59 Å². The predicted molar refractivity (Wildman–Crippen MR) is 109 cm³/mol. The summed E-state index contributed by atoms with van der Waals surface area (Å²) in [5.41, 5.74) is 1.92. The first kappa shape index (κ1) is 21.2. The number of hydrogen-bond acceptors (Lipinski definition) is 3. The highest BCUT2D eigenvalue weighted by atomic mass is 35.5. The molecule has 0 saturated carbocycles. The molecule has 1 aliphatic rings. The second-order valence-corrected chi connectivity index (χ2v) is 6.74. The molecule has 5 nitrogen and oxygen atoms in total. The smallest absolute Gasteiger partial charge is 0.242 e. The molecule has 1 aliphatic heterocycles. The summed E-state index contributed by atoms with van der Waals surface area (Å²) in [5.74, 6) is -0.239. The molecule has 7 heteroatoms. The monoisotopic (exact) mass is 407 g/mol. The van der Waals surface area contributed by atoms with Crippen molar-refractivity contribution in [3.63, 3.8) is 0 Å². The van der Waals surface area contributed by atoms with Crippen LogP contribution in [0.15, 0.2) is 54.6 Å². The summed E-state index contributed by atoms with van der Waals surface area (Å²) in [6.07, 6.45) is 0.271. The number of carbonyl (C=O) groups excluding carboxylic acids is 2. The number of benzene rings is 2. The van der Waals surface area contributed by atoms with Gasteiger partial charge in [0.1, 0.15) is 0 Å². The van der Waals surface area contributed by atoms with Crippen LogP contribution in [0.1, 0.15) is 17.2 Å². The maximum Gasteiger partial charge on any atom is 0.242 e. The third-order valence-corrected chi connectivity index (χ3v) is 4.68. The van der Waals surface area contributed by atoms with Gasteiger partial charge in [0.2, 0.25) is 11.8 Å². The highest BCUT2D eigenvalue weighted by molar-refractivity contribution is 6.30. The molecule has 1 fully saturated rings. The van der Waals surface area contributed by atoms with Crippen molar-refractivity contribution in [1.82, 2.24) is 15.5 Å². The highest BCUT2D eigenvalue weighted by Crippen LogP contribution is 2.24. The van der Waals surface area contributed by atoms with Gasteiger partial charge in [-0.1, -0.05) is 54.1 Å². The third-order valence-electron chi connectivity index (χ3n) is 4.44. The lowest BCUT2D eigenvalue weighted by molar-refractivity contribution is -0.135. The van der Waals surface area contributed by atoms with Crippen LogP contribution in [0.25, 0.3) is 0 Å². The van der Waals surface area contributed by atoms with E-state index in [1.54, 1.807) is 0 Å². The molecule has 0 aliphatic carbocycles. The fourth-order valence-corrected chi connectivity index (χ4v) is 3.33. The van der Waals surface area contributed by atoms with Crippen molar-refractivity contribution in [2.45, 2.75) is 12.5 Å². The number of hydrogen-bond donors (Lipinski definition) is 2. The number of amides is 2. The molecule has 1 heterocycles. The number of piperazine rings is 1. The summed E-state index contributed by atoms with van der Waals surface area (Å²) in [6, 6.07) is 17.0. The zero-order valence-electron chi connectivity index (χ0n) is 14.9. The van der Waals surface area contributed by atoms with Crippen LogP contribution in [0.4, 0.5) is 0 Å². The molecule has 1 saturated heterocycles. The van der Waals surface area contributed by atoms with Gasteiger partial charge in [0.25, 0.3) is 0 Å². The minimum absolute atomic E-state index is 0. The summed E-state index contributed by atoms with van der Waals surface area (Å²) >= 11 is 6.09. The summed E-state index contributed by atoms with van der Waals surface area (Å²) in [5, 5.41) is 6.70. The zero-order valence-corrected chi connectivity index (χ0v) is 16.4. The van der Waals surface area contributed by atoms with Crippen LogP contribution in [-0.4, -0.2) is 42.9 Å². The van der Waals surface area contributed by atoms with Gasteiger partial charge in [0, 0.05) is 24.7 Å². The first-order valence-electron chi connectivity index (χ1n) is 8.70. The van der Waals surface area contributed by atoms with Crippen molar-refractivity contribution >= 4 is 35.8 Å². The number of carbonyl (C=O) groups is 2. The Kier molecular flexibility index (Phi) is 8.10. The molecule has 0 spiro atoms. The van der Waals surface area contributed by atoms with Crippen molar-refractivity contribution in [3.05, 3.63) is 70.7 Å². The molecule has 3 rings (SSSR count). The van der Waals surface area contributed by atoms with E-state index in [1.807, 2.05) is 59.5 Å². The molecule has 2 aromatic carbocycles. The second kappa shape index (κ2) is 10.3. The van der Waals surface area contributed by atoms with E-state index < -0.39 is 0 Å². The minimum Gasteiger partial charge on any atom is -0.347 e. The minimum atomic E-state index is -0.154. The van der Waals surface area contributed by atoms with Crippen LogP contribution in [0, 0.1) is 0 Å². The van der Waals surface area contributed by atoms with Gasteiger partial charge < -0.3 is 15.5 Å². The van der Waals surface area contributed by atoms with E-state index in [-0.39, 0.29) is 43.2 Å². The van der Waals surface area contributed by atoms with Gasteiger partial charge in [0.05, 0.1) is 19.0 Å². The molecule has 2 N–H and O–H groups in total. The van der Waals surface area contributed by atoms with Crippen molar-refractivity contribution in [1.29, 1.82) is 0 Å². The SMILES string of the molecule is Cl.O=C(Cc1ccccc1)NCC(=O)N1CCNCC1c1cccc(Cl)c1. The molecule has 2 aromatic rings. The predicted octanol–water partition coefficient (Wildman–Crippen LogP) is 2.59. The first-order valence-corrected chi connectivity index (χ1v) is 9.07. The molecule has 144 valence electrons. The highest BCUT2D eigenvalue weighted by Gasteiger charge is 2.27. The fraction of sp³-hybridized carbons (Fsp3) is 0.300. The molecule has 1 atom stereocenters. The molecule has 0 bridgehead atoms. The van der Waals surface area contributed by atoms with Crippen molar-refractivity contribution in [2.75, 3.05) is 26.2 Å². The number of rotatable bonds is 5. The van der Waals surface area contributed by atoms with E-state index in [1.165, 1.54) is 0 Å². The Morgan fingerprint density at radius 1 is 1.15 bits per heavy atom. The van der Waals surface area contributed by atoms with Crippen molar-refractivity contribution in [3.8, 4) is 0 Å². The largest absolute Gasteiger partial charge is 0.347 e. The Hall–Kier alpha value is -2.08. The van der Waals surface area contributed by atoms with Crippen LogP contribution >= 0.6 is 24.0 Å². The Balaban J connectivity index is 0.00000261. The lowest BCUT2D eigenvalue weighted by Crippen LogP contribution is -2.51. The molecule has 0 radical (unpaired) electrons. The Labute approximate surface area is 170 Å². The van der Waals surface area contributed by atoms with E-state index in [0.29, 0.717) is 18.1 Å². The van der Waals surface area contributed by atoms with Gasteiger partial charge in [0.15, 0.2) is 0 Å². The van der Waals surface area contributed by atoms with Gasteiger partial charge in [-0.3, -0.25) is 9.59 Å². The summed E-state index contributed by atoms with van der Waals surface area (Å²) in [4.78, 5) is 26.6. The van der Waals surface area contributed by atoms with Crippen molar-refractivity contribution < 1.29 is 9.59 Å². The lowest BCUT2D eigenvalue weighted by atomic mass is 10.0. The zero-order chi connectivity index (χ0) is 18.4. The standard InChI is InChI=1S/C20H22ClN3O2.ClH/c21-17-8-4-7-16(12-17)18-13-22-9-10-24(18)20(26)14-23-19(25)11-15-5-2-1-3-6-15;/h1-8,12,18,22H,9-11,13-14H2,(H,23,25);1H. The number of nitrogens with zero attached hydrogens (tertiary/aromatic N) is 1. The normalized spacial score (nSPS) is 16.3. The molecule has 0 aromatic heterocycles. The van der Waals surface area contributed by atoms with Crippen molar-refractivity contribution in [2.24, 2.45) is 0 Å². The summed E-state index contributed by atoms with van der Waals surface area (Å²) in [6.45, 7) is 2.01. The molecular weight excluding hydrogens is 385 g/mol. The van der Waals surface area contributed by atoms with Gasteiger partial charge in [-0.15, -0.1) is 12.4 Å². The topological polar surface area (TPSA) is 61.4 Å². The summed E-state index contributed by atoms with van der Waals surface area (Å²) in [7, 11) is 0. The maximum absolute atomic E-state index is 12.7. The molecule has 1 unspecified atom stereocenters. The van der Waals surface area contributed by atoms with Gasteiger partial charge in [-0.25, -0.2) is 0 Å². The Bertz CT molecular complexity index is 771. The van der Waals surface area contributed by atoms with E-state index in [0.717, 1.165) is 17.7 Å². The molecular formula is C20H23Cl2N3O2. The van der Waals surface area contributed by atoms with Gasteiger partial charge in [-0.2, -0.15) is 0 Å². The quantitative estimate of drug-likeness (QED) is 0.800. The third kappa shape index (κ3) is 5.96. The van der Waals surface area contributed by atoms with Crippen LogP contribution in [-0.2, 0) is 16.0 Å². The second-order valence-electron chi connectivity index (χ2n) is 6.30. The fourth-order valence-electron chi connectivity index (χ4n) is 3.13. The summed E-state index contributed by atoms with van der Waals surface area (Å²) < 4.78 is 0. The van der Waals surface area contributed by atoms with Crippen LogP contribution in [0.3, 0.4) is 0 Å².